The molecule has 164 valence electrons. The summed E-state index contributed by atoms with van der Waals surface area (Å²) in [6, 6.07) is 17.9. The first kappa shape index (κ1) is 21.4. The van der Waals surface area contributed by atoms with Gasteiger partial charge in [-0.3, -0.25) is 4.90 Å². The van der Waals surface area contributed by atoms with Crippen molar-refractivity contribution in [3.8, 4) is 0 Å². The summed E-state index contributed by atoms with van der Waals surface area (Å²) in [6.45, 7) is 4.54. The average molecular weight is 421 g/mol. The molecule has 0 amide bonds. The molecular weight excluding hydrogens is 388 g/mol. The average Bonchev–Trinajstić information content (AvgIpc) is 2.83. The van der Waals surface area contributed by atoms with Crippen LogP contribution in [0.25, 0.3) is 0 Å². The minimum Gasteiger partial charge on any atom is -0.478 e. The Balaban J connectivity index is 1.47. The van der Waals surface area contributed by atoms with Crippen LogP contribution < -0.4 is 5.32 Å². The van der Waals surface area contributed by atoms with Crippen LogP contribution in [0.15, 0.2) is 59.6 Å². The Kier molecular flexibility index (Phi) is 7.20. The quantitative estimate of drug-likeness (QED) is 0.557. The molecule has 2 N–H and O–H groups in total. The second-order valence-corrected chi connectivity index (χ2v) is 8.45. The van der Waals surface area contributed by atoms with Crippen LogP contribution in [0, 0.1) is 0 Å². The molecule has 6 nitrogen and oxygen atoms in total. The third-order valence-electron chi connectivity index (χ3n) is 6.32. The first-order valence-electron chi connectivity index (χ1n) is 11.4. The van der Waals surface area contributed by atoms with E-state index in [-0.39, 0.29) is 5.56 Å². The normalized spacial score (nSPS) is 18.7. The van der Waals surface area contributed by atoms with Gasteiger partial charge in [0.15, 0.2) is 5.96 Å². The highest BCUT2D eigenvalue weighted by molar-refractivity contribution is 5.95. The van der Waals surface area contributed by atoms with Gasteiger partial charge in [0.2, 0.25) is 0 Å². The fourth-order valence-corrected chi connectivity index (χ4v) is 4.57. The molecule has 2 aliphatic rings. The lowest BCUT2D eigenvalue weighted by molar-refractivity contribution is 0.0697. The van der Waals surface area contributed by atoms with E-state index in [2.05, 4.69) is 27.2 Å². The highest BCUT2D eigenvalue weighted by atomic mass is 16.4. The summed E-state index contributed by atoms with van der Waals surface area (Å²) in [6.07, 6.45) is 6.75. The van der Waals surface area contributed by atoms with Gasteiger partial charge in [0, 0.05) is 37.9 Å². The number of rotatable bonds is 5. The van der Waals surface area contributed by atoms with E-state index in [0.717, 1.165) is 49.4 Å². The van der Waals surface area contributed by atoms with Gasteiger partial charge in [-0.2, -0.15) is 0 Å². The monoisotopic (exact) mass is 420 g/mol. The van der Waals surface area contributed by atoms with Gasteiger partial charge in [-0.05, 0) is 36.6 Å². The van der Waals surface area contributed by atoms with E-state index in [1.807, 2.05) is 24.3 Å². The predicted molar refractivity (Wildman–Crippen MR) is 125 cm³/mol. The molecule has 1 saturated carbocycles. The molecule has 31 heavy (non-hydrogen) atoms. The third-order valence-corrected chi connectivity index (χ3v) is 6.32. The molecule has 2 fully saturated rings. The number of carbonyl (C=O) groups is 1. The van der Waals surface area contributed by atoms with Gasteiger partial charge < -0.3 is 15.3 Å². The summed E-state index contributed by atoms with van der Waals surface area (Å²) < 4.78 is 0. The number of carboxylic acid groups (broad SMARTS) is 1. The second-order valence-electron chi connectivity index (χ2n) is 8.45. The van der Waals surface area contributed by atoms with Crippen LogP contribution in [-0.2, 0) is 6.54 Å². The van der Waals surface area contributed by atoms with Crippen LogP contribution in [0.2, 0.25) is 0 Å². The summed E-state index contributed by atoms with van der Waals surface area (Å²) in [4.78, 5) is 21.2. The van der Waals surface area contributed by atoms with E-state index in [1.165, 1.54) is 32.1 Å². The van der Waals surface area contributed by atoms with E-state index in [0.29, 0.717) is 6.54 Å². The highest BCUT2D eigenvalue weighted by Crippen LogP contribution is 2.24. The standard InChI is InChI=1S/C25H32N4O2/c30-24(31)21-10-7-11-22(18-21)27-25(26-19-20-8-3-1-4-9-20)29-16-14-28(15-17-29)23-12-5-2-6-13-23/h1,3-4,7-11,18,23H,2,5-6,12-17,19H2,(H,26,27)(H,30,31). The maximum Gasteiger partial charge on any atom is 0.335 e. The molecule has 2 aromatic carbocycles. The summed E-state index contributed by atoms with van der Waals surface area (Å²) in [5.74, 6) is -0.109. The molecular formula is C25H32N4O2. The third kappa shape index (κ3) is 5.85. The summed E-state index contributed by atoms with van der Waals surface area (Å²) in [7, 11) is 0. The van der Waals surface area contributed by atoms with Crippen LogP contribution >= 0.6 is 0 Å². The maximum absolute atomic E-state index is 11.4. The Labute approximate surface area is 184 Å². The molecule has 0 spiro atoms. The largest absolute Gasteiger partial charge is 0.478 e. The lowest BCUT2D eigenvalue weighted by Crippen LogP contribution is -2.53. The number of aromatic carboxylic acids is 1. The van der Waals surface area contributed by atoms with Gasteiger partial charge in [-0.1, -0.05) is 55.7 Å². The zero-order valence-electron chi connectivity index (χ0n) is 18.0. The first-order valence-corrected chi connectivity index (χ1v) is 11.4. The molecule has 4 rings (SSSR count). The molecule has 1 aliphatic carbocycles. The Hall–Kier alpha value is -2.86. The summed E-state index contributed by atoms with van der Waals surface area (Å²) in [5.41, 5.74) is 2.18. The van der Waals surface area contributed by atoms with Crippen molar-refractivity contribution in [2.24, 2.45) is 4.99 Å². The Morgan fingerprint density at radius 3 is 2.42 bits per heavy atom. The van der Waals surface area contributed by atoms with Crippen molar-refractivity contribution in [1.82, 2.24) is 9.80 Å². The van der Waals surface area contributed by atoms with E-state index >= 15 is 0 Å². The highest BCUT2D eigenvalue weighted by Gasteiger charge is 2.26. The number of benzene rings is 2. The fraction of sp³-hybridized carbons (Fsp3) is 0.440. The van der Waals surface area contributed by atoms with Gasteiger partial charge in [-0.15, -0.1) is 0 Å². The first-order chi connectivity index (χ1) is 15.2. The smallest absolute Gasteiger partial charge is 0.335 e. The van der Waals surface area contributed by atoms with Crippen molar-refractivity contribution in [2.75, 3.05) is 31.5 Å². The lowest BCUT2D eigenvalue weighted by Gasteiger charge is -2.41. The van der Waals surface area contributed by atoms with Gasteiger partial charge in [0.05, 0.1) is 12.1 Å². The zero-order valence-corrected chi connectivity index (χ0v) is 18.0. The van der Waals surface area contributed by atoms with Gasteiger partial charge in [0.1, 0.15) is 0 Å². The van der Waals surface area contributed by atoms with E-state index < -0.39 is 5.97 Å². The summed E-state index contributed by atoms with van der Waals surface area (Å²) >= 11 is 0. The molecule has 2 aromatic rings. The molecule has 0 atom stereocenters. The topological polar surface area (TPSA) is 68.2 Å². The maximum atomic E-state index is 11.4. The van der Waals surface area contributed by atoms with Crippen LogP contribution in [0.4, 0.5) is 5.69 Å². The van der Waals surface area contributed by atoms with Crippen LogP contribution in [0.1, 0.15) is 48.0 Å². The van der Waals surface area contributed by atoms with Gasteiger partial charge in [0.25, 0.3) is 0 Å². The molecule has 1 saturated heterocycles. The molecule has 0 unspecified atom stereocenters. The Morgan fingerprint density at radius 2 is 1.71 bits per heavy atom. The fourth-order valence-electron chi connectivity index (χ4n) is 4.57. The van der Waals surface area contributed by atoms with Crippen molar-refractivity contribution in [2.45, 2.75) is 44.7 Å². The number of piperazine rings is 1. The van der Waals surface area contributed by atoms with E-state index in [1.54, 1.807) is 18.2 Å². The van der Waals surface area contributed by atoms with Crippen molar-refractivity contribution in [1.29, 1.82) is 0 Å². The van der Waals surface area contributed by atoms with Gasteiger partial charge in [-0.25, -0.2) is 9.79 Å². The minimum absolute atomic E-state index is 0.273. The number of anilines is 1. The minimum atomic E-state index is -0.924. The number of nitrogens with zero attached hydrogens (tertiary/aromatic N) is 3. The molecule has 0 aromatic heterocycles. The molecule has 1 heterocycles. The predicted octanol–water partition coefficient (Wildman–Crippen LogP) is 4.30. The number of guanidine groups is 1. The molecule has 0 radical (unpaired) electrons. The molecule has 0 bridgehead atoms. The Bertz CT molecular complexity index is 885. The number of hydrogen-bond acceptors (Lipinski definition) is 3. The second kappa shape index (κ2) is 10.4. The number of nitrogens with one attached hydrogen (secondary N) is 1. The number of carboxylic acids is 1. The van der Waals surface area contributed by atoms with Gasteiger partial charge >= 0.3 is 5.97 Å². The SMILES string of the molecule is O=C(O)c1cccc(NC(=NCc2ccccc2)N2CCN(C3CCCCC3)CC2)c1. The lowest BCUT2D eigenvalue weighted by atomic mass is 9.94. The van der Waals surface area contributed by atoms with Crippen molar-refractivity contribution >= 4 is 17.6 Å². The van der Waals surface area contributed by atoms with E-state index in [4.69, 9.17) is 4.99 Å². The number of hydrogen-bond donors (Lipinski definition) is 2. The van der Waals surface area contributed by atoms with Crippen molar-refractivity contribution < 1.29 is 9.90 Å². The number of aliphatic imine (C=N–C) groups is 1. The van der Waals surface area contributed by atoms with Crippen LogP contribution in [0.5, 0.6) is 0 Å². The Morgan fingerprint density at radius 1 is 0.968 bits per heavy atom. The van der Waals surface area contributed by atoms with E-state index in [9.17, 15) is 9.90 Å². The molecule has 6 heteroatoms. The summed E-state index contributed by atoms with van der Waals surface area (Å²) in [5, 5.41) is 12.7. The van der Waals surface area contributed by atoms with Crippen molar-refractivity contribution in [3.63, 3.8) is 0 Å². The molecule has 1 aliphatic heterocycles. The van der Waals surface area contributed by atoms with Crippen LogP contribution in [-0.4, -0.2) is 59.1 Å². The van der Waals surface area contributed by atoms with Crippen LogP contribution in [0.3, 0.4) is 0 Å². The zero-order chi connectivity index (χ0) is 21.5. The van der Waals surface area contributed by atoms with Crippen molar-refractivity contribution in [3.05, 3.63) is 65.7 Å².